The lowest BCUT2D eigenvalue weighted by Crippen LogP contribution is -2.20. The number of carbonyl (C=O) groups is 1. The third-order valence-electron chi connectivity index (χ3n) is 4.92. The maximum Gasteiger partial charge on any atom is 0.416 e. The molecule has 0 saturated heterocycles. The van der Waals surface area contributed by atoms with Crippen LogP contribution in [-0.2, 0) is 6.18 Å². The number of halogens is 3. The molecule has 34 heavy (non-hydrogen) atoms. The van der Waals surface area contributed by atoms with Crippen molar-refractivity contribution in [1.29, 1.82) is 0 Å². The largest absolute Gasteiger partial charge is 0.416 e. The molecule has 0 spiro atoms. The molecule has 1 aromatic carbocycles. The van der Waals surface area contributed by atoms with Crippen LogP contribution in [0.25, 0.3) is 16.6 Å². The SMILES string of the molecule is Nc1ncnn2cc(C(O)CO)c(-c3ccc(NC(=O)Nc4cc(C(F)(F)F)ccn4)cc3)c12. The number of aromatic nitrogens is 4. The number of pyridine rings is 1. The Morgan fingerprint density at radius 2 is 1.88 bits per heavy atom. The van der Waals surface area contributed by atoms with E-state index in [1.165, 1.54) is 17.0 Å². The first kappa shape index (κ1) is 22.9. The molecule has 13 heteroatoms. The summed E-state index contributed by atoms with van der Waals surface area (Å²) in [5, 5.41) is 28.5. The van der Waals surface area contributed by atoms with Crippen LogP contribution in [-0.4, -0.2) is 42.4 Å². The number of fused-ring (bicyclic) bond motifs is 1. The number of hydrogen-bond acceptors (Lipinski definition) is 7. The predicted octanol–water partition coefficient (Wildman–Crippen LogP) is 3.06. The van der Waals surface area contributed by atoms with Crippen molar-refractivity contribution >= 4 is 28.9 Å². The first-order chi connectivity index (χ1) is 16.2. The number of benzene rings is 1. The van der Waals surface area contributed by atoms with Gasteiger partial charge in [0.1, 0.15) is 23.8 Å². The van der Waals surface area contributed by atoms with E-state index in [9.17, 15) is 28.2 Å². The van der Waals surface area contributed by atoms with Gasteiger partial charge in [0, 0.05) is 29.2 Å². The molecule has 6 N–H and O–H groups in total. The number of aliphatic hydroxyl groups is 2. The van der Waals surface area contributed by atoms with Crippen LogP contribution < -0.4 is 16.4 Å². The van der Waals surface area contributed by atoms with Crippen molar-refractivity contribution in [2.24, 2.45) is 0 Å². The zero-order chi connectivity index (χ0) is 24.5. The lowest BCUT2D eigenvalue weighted by Gasteiger charge is -2.12. The van der Waals surface area contributed by atoms with E-state index >= 15 is 0 Å². The summed E-state index contributed by atoms with van der Waals surface area (Å²) in [5.74, 6) is -0.0983. The van der Waals surface area contributed by atoms with Crippen LogP contribution in [0.15, 0.2) is 55.1 Å². The van der Waals surface area contributed by atoms with Crippen LogP contribution in [0.1, 0.15) is 17.2 Å². The van der Waals surface area contributed by atoms with Crippen molar-refractivity contribution < 1.29 is 28.2 Å². The van der Waals surface area contributed by atoms with Crippen LogP contribution in [0.2, 0.25) is 0 Å². The zero-order valence-electron chi connectivity index (χ0n) is 17.3. The average Bonchev–Trinajstić information content (AvgIpc) is 3.19. The van der Waals surface area contributed by atoms with Gasteiger partial charge in [0.2, 0.25) is 0 Å². The van der Waals surface area contributed by atoms with Crippen LogP contribution in [0.5, 0.6) is 0 Å². The van der Waals surface area contributed by atoms with E-state index in [1.807, 2.05) is 0 Å². The van der Waals surface area contributed by atoms with Gasteiger partial charge in [-0.25, -0.2) is 19.3 Å². The Morgan fingerprint density at radius 3 is 2.56 bits per heavy atom. The molecule has 4 aromatic rings. The molecule has 3 aromatic heterocycles. The smallest absolute Gasteiger partial charge is 0.393 e. The Bertz CT molecular complexity index is 1340. The van der Waals surface area contributed by atoms with E-state index in [-0.39, 0.29) is 11.6 Å². The van der Waals surface area contributed by atoms with Gasteiger partial charge in [-0.05, 0) is 29.8 Å². The first-order valence-corrected chi connectivity index (χ1v) is 9.79. The van der Waals surface area contributed by atoms with E-state index in [4.69, 9.17) is 5.73 Å². The monoisotopic (exact) mass is 473 g/mol. The molecule has 176 valence electrons. The van der Waals surface area contributed by atoms with Gasteiger partial charge in [-0.3, -0.25) is 5.32 Å². The van der Waals surface area contributed by atoms with Gasteiger partial charge >= 0.3 is 12.2 Å². The highest BCUT2D eigenvalue weighted by Crippen LogP contribution is 2.36. The highest BCUT2D eigenvalue weighted by molar-refractivity contribution is 5.99. The maximum atomic E-state index is 12.8. The third kappa shape index (κ3) is 4.60. The van der Waals surface area contributed by atoms with E-state index in [0.717, 1.165) is 18.3 Å². The number of rotatable bonds is 5. The summed E-state index contributed by atoms with van der Waals surface area (Å²) in [4.78, 5) is 19.9. The fourth-order valence-corrected chi connectivity index (χ4v) is 3.38. The summed E-state index contributed by atoms with van der Waals surface area (Å²) in [6.45, 7) is -0.527. The molecule has 0 saturated carbocycles. The van der Waals surface area contributed by atoms with Crippen molar-refractivity contribution in [3.05, 3.63) is 66.2 Å². The van der Waals surface area contributed by atoms with Crippen LogP contribution >= 0.6 is 0 Å². The van der Waals surface area contributed by atoms with Crippen LogP contribution in [0.3, 0.4) is 0 Å². The molecule has 1 unspecified atom stereocenters. The molecule has 3 heterocycles. The van der Waals surface area contributed by atoms with Crippen molar-refractivity contribution in [3.63, 3.8) is 0 Å². The Labute approximate surface area is 189 Å². The summed E-state index contributed by atoms with van der Waals surface area (Å²) in [6, 6.07) is 7.10. The second kappa shape index (κ2) is 8.96. The number of nitrogens with one attached hydrogen (secondary N) is 2. The molecule has 0 bridgehead atoms. The summed E-state index contributed by atoms with van der Waals surface area (Å²) in [7, 11) is 0. The predicted molar refractivity (Wildman–Crippen MR) is 117 cm³/mol. The molecule has 2 amide bonds. The Balaban J connectivity index is 1.57. The summed E-state index contributed by atoms with van der Waals surface area (Å²) in [5.41, 5.74) is 7.30. The molecular weight excluding hydrogens is 455 g/mol. The number of nitrogens with two attached hydrogens (primary N) is 1. The number of nitrogens with zero attached hydrogens (tertiary/aromatic N) is 4. The molecule has 1 atom stereocenters. The lowest BCUT2D eigenvalue weighted by atomic mass is 9.99. The Kier molecular flexibility index (Phi) is 6.04. The van der Waals surface area contributed by atoms with Crippen molar-refractivity contribution in [2.45, 2.75) is 12.3 Å². The van der Waals surface area contributed by atoms with Crippen molar-refractivity contribution in [3.8, 4) is 11.1 Å². The van der Waals surface area contributed by atoms with Gasteiger partial charge in [-0.1, -0.05) is 12.1 Å². The zero-order valence-corrected chi connectivity index (χ0v) is 17.3. The summed E-state index contributed by atoms with van der Waals surface area (Å²) >= 11 is 0. The van der Waals surface area contributed by atoms with Gasteiger partial charge < -0.3 is 21.3 Å². The van der Waals surface area contributed by atoms with E-state index in [0.29, 0.717) is 27.9 Å². The minimum Gasteiger partial charge on any atom is -0.393 e. The highest BCUT2D eigenvalue weighted by atomic mass is 19.4. The number of nitrogen functional groups attached to an aromatic ring is 1. The summed E-state index contributed by atoms with van der Waals surface area (Å²) < 4.78 is 39.9. The molecule has 0 aliphatic heterocycles. The number of aliphatic hydroxyl groups excluding tert-OH is 2. The standard InChI is InChI=1S/C21H18F3N7O3/c22-21(23,24)12-5-6-26-16(7-12)30-20(34)29-13-3-1-11(2-4-13)17-14(15(33)9-32)8-31-18(17)19(25)27-10-28-31/h1-8,10,15,32-33H,9H2,(H2,25,27,28)(H2,26,29,30,34). The molecule has 0 fully saturated rings. The normalized spacial score (nSPS) is 12.5. The molecule has 10 nitrogen and oxygen atoms in total. The number of alkyl halides is 3. The fraction of sp³-hybridized carbons (Fsp3) is 0.143. The lowest BCUT2D eigenvalue weighted by molar-refractivity contribution is -0.137. The van der Waals surface area contributed by atoms with E-state index in [1.54, 1.807) is 24.3 Å². The Morgan fingerprint density at radius 1 is 1.15 bits per heavy atom. The van der Waals surface area contributed by atoms with Gasteiger partial charge in [0.25, 0.3) is 0 Å². The minimum absolute atomic E-state index is 0.163. The van der Waals surface area contributed by atoms with Crippen molar-refractivity contribution in [1.82, 2.24) is 19.6 Å². The maximum absolute atomic E-state index is 12.8. The molecule has 0 aliphatic rings. The number of urea groups is 1. The molecular formula is C21H18F3N7O3. The van der Waals surface area contributed by atoms with Crippen LogP contribution in [0, 0.1) is 0 Å². The number of amides is 2. The first-order valence-electron chi connectivity index (χ1n) is 9.79. The molecule has 4 rings (SSSR count). The highest BCUT2D eigenvalue weighted by Gasteiger charge is 2.30. The van der Waals surface area contributed by atoms with Gasteiger partial charge in [-0.2, -0.15) is 18.3 Å². The number of anilines is 3. The van der Waals surface area contributed by atoms with Gasteiger partial charge in [0.05, 0.1) is 12.2 Å². The van der Waals surface area contributed by atoms with Crippen LogP contribution in [0.4, 0.5) is 35.3 Å². The van der Waals surface area contributed by atoms with Gasteiger partial charge in [0.15, 0.2) is 5.82 Å². The van der Waals surface area contributed by atoms with E-state index < -0.39 is 30.5 Å². The summed E-state index contributed by atoms with van der Waals surface area (Å²) in [6.07, 6.45) is -2.02. The van der Waals surface area contributed by atoms with Crippen molar-refractivity contribution in [2.75, 3.05) is 23.0 Å². The number of carbonyl (C=O) groups excluding carboxylic acids is 1. The number of hydrogen-bond donors (Lipinski definition) is 5. The quantitative estimate of drug-likeness (QED) is 0.299. The fourth-order valence-electron chi connectivity index (χ4n) is 3.38. The van der Waals surface area contributed by atoms with Gasteiger partial charge in [-0.15, -0.1) is 0 Å². The molecule has 0 aliphatic carbocycles. The Hall–Kier alpha value is -4.23. The second-order valence-electron chi connectivity index (χ2n) is 7.18. The third-order valence-corrected chi connectivity index (χ3v) is 4.92. The molecule has 0 radical (unpaired) electrons. The average molecular weight is 473 g/mol. The minimum atomic E-state index is -4.56. The second-order valence-corrected chi connectivity index (χ2v) is 7.18. The van der Waals surface area contributed by atoms with E-state index in [2.05, 4.69) is 25.7 Å². The topological polar surface area (TPSA) is 151 Å².